The lowest BCUT2D eigenvalue weighted by molar-refractivity contribution is -0.135. The number of amides is 1. The second-order valence-electron chi connectivity index (χ2n) is 6.20. The second kappa shape index (κ2) is 4.68. The van der Waals surface area contributed by atoms with Gasteiger partial charge in [-0.05, 0) is 48.3 Å². The van der Waals surface area contributed by atoms with Crippen LogP contribution in [0.4, 0.5) is 5.69 Å². The number of carbonyl (C=O) groups excluding carboxylic acids is 2. The molecular weight excluding hydrogens is 282 g/mol. The van der Waals surface area contributed by atoms with Crippen molar-refractivity contribution in [3.8, 4) is 5.75 Å². The zero-order valence-electron chi connectivity index (χ0n) is 12.2. The van der Waals surface area contributed by atoms with E-state index in [1.807, 2.05) is 12.1 Å². The molecule has 0 radical (unpaired) electrons. The van der Waals surface area contributed by atoms with Gasteiger partial charge in [0.25, 0.3) is 0 Å². The van der Waals surface area contributed by atoms with Crippen molar-refractivity contribution >= 4 is 17.4 Å². The maximum Gasteiger partial charge on any atom is 0.232 e. The van der Waals surface area contributed by atoms with Crippen molar-refractivity contribution in [2.45, 2.75) is 25.0 Å². The molecule has 4 atom stereocenters. The van der Waals surface area contributed by atoms with Crippen molar-refractivity contribution in [2.75, 3.05) is 12.0 Å². The molecule has 1 saturated heterocycles. The van der Waals surface area contributed by atoms with Crippen LogP contribution in [0.2, 0.25) is 0 Å². The highest BCUT2D eigenvalue weighted by atomic mass is 16.5. The molecule has 3 aliphatic rings. The van der Waals surface area contributed by atoms with Crippen molar-refractivity contribution in [1.82, 2.24) is 0 Å². The summed E-state index contributed by atoms with van der Waals surface area (Å²) in [5.41, 5.74) is 1.56. The molecule has 1 aromatic carbocycles. The van der Waals surface area contributed by atoms with E-state index in [0.717, 1.165) is 17.0 Å². The van der Waals surface area contributed by atoms with Crippen molar-refractivity contribution in [3.05, 3.63) is 35.9 Å². The quantitative estimate of drug-likeness (QED) is 0.836. The Labute approximate surface area is 128 Å². The van der Waals surface area contributed by atoms with Crippen molar-refractivity contribution in [3.63, 3.8) is 0 Å². The lowest BCUT2D eigenvalue weighted by atomic mass is 9.68. The minimum atomic E-state index is -0.741. The third-order valence-corrected chi connectivity index (χ3v) is 5.07. The first-order valence-electron chi connectivity index (χ1n) is 7.49. The number of ether oxygens (including phenoxy) is 1. The van der Waals surface area contributed by atoms with Crippen LogP contribution in [0.5, 0.6) is 5.75 Å². The SMILES string of the molecule is COc1ccc(N2C(=O)[C@H]3CC4CC(=O)C=C4[C@H](O)[C@H]32)cc1. The molecular formula is C17H17NO4. The van der Waals surface area contributed by atoms with Crippen LogP contribution in [0.15, 0.2) is 35.9 Å². The van der Waals surface area contributed by atoms with Gasteiger partial charge in [0.15, 0.2) is 5.78 Å². The molecule has 1 heterocycles. The van der Waals surface area contributed by atoms with Crippen molar-refractivity contribution in [1.29, 1.82) is 0 Å². The molecule has 1 N–H and O–H groups in total. The number of β-lactam (4-membered cyclic amide) rings is 1. The van der Waals surface area contributed by atoms with Gasteiger partial charge in [-0.3, -0.25) is 9.59 Å². The minimum absolute atomic E-state index is 0.0348. The highest BCUT2D eigenvalue weighted by Gasteiger charge is 2.57. The lowest BCUT2D eigenvalue weighted by Crippen LogP contribution is -2.68. The number of hydrogen-bond donors (Lipinski definition) is 1. The van der Waals surface area contributed by atoms with Crippen LogP contribution in [-0.4, -0.2) is 36.1 Å². The Hall–Kier alpha value is -2.14. The van der Waals surface area contributed by atoms with Crippen LogP contribution in [0.25, 0.3) is 0 Å². The molecule has 0 bridgehead atoms. The summed E-state index contributed by atoms with van der Waals surface area (Å²) in [6, 6.07) is 6.98. The zero-order valence-corrected chi connectivity index (χ0v) is 12.2. The average molecular weight is 299 g/mol. The fraction of sp³-hybridized carbons (Fsp3) is 0.412. The van der Waals surface area contributed by atoms with Crippen molar-refractivity contribution in [2.24, 2.45) is 11.8 Å². The van der Waals surface area contributed by atoms with Gasteiger partial charge in [0, 0.05) is 12.1 Å². The number of nitrogens with zero attached hydrogens (tertiary/aromatic N) is 1. The van der Waals surface area contributed by atoms with Gasteiger partial charge in [0.2, 0.25) is 5.91 Å². The van der Waals surface area contributed by atoms with Crippen LogP contribution in [0, 0.1) is 11.8 Å². The van der Waals surface area contributed by atoms with Gasteiger partial charge < -0.3 is 14.7 Å². The van der Waals surface area contributed by atoms with Crippen LogP contribution in [-0.2, 0) is 9.59 Å². The topological polar surface area (TPSA) is 66.8 Å². The number of carbonyl (C=O) groups is 2. The predicted octanol–water partition coefficient (Wildman–Crippen LogP) is 1.31. The maximum absolute atomic E-state index is 12.4. The van der Waals surface area contributed by atoms with Gasteiger partial charge >= 0.3 is 0 Å². The number of anilines is 1. The number of ketones is 1. The van der Waals surface area contributed by atoms with E-state index in [1.165, 1.54) is 0 Å². The lowest BCUT2D eigenvalue weighted by Gasteiger charge is -2.53. The first-order chi connectivity index (χ1) is 10.6. The molecule has 1 aromatic rings. The molecule has 5 heteroatoms. The Bertz CT molecular complexity index is 678. The summed E-state index contributed by atoms with van der Waals surface area (Å²) in [4.78, 5) is 25.7. The summed E-state index contributed by atoms with van der Waals surface area (Å²) < 4.78 is 5.12. The Morgan fingerprint density at radius 2 is 1.95 bits per heavy atom. The van der Waals surface area contributed by atoms with E-state index < -0.39 is 6.10 Å². The number of aliphatic hydroxyl groups is 1. The Balaban J connectivity index is 1.64. The number of benzene rings is 1. The summed E-state index contributed by atoms with van der Waals surface area (Å²) in [6.07, 6.45) is 1.94. The highest BCUT2D eigenvalue weighted by Crippen LogP contribution is 2.48. The molecule has 5 nitrogen and oxygen atoms in total. The van der Waals surface area contributed by atoms with Crippen molar-refractivity contribution < 1.29 is 19.4 Å². The van der Waals surface area contributed by atoms with Crippen LogP contribution in [0.1, 0.15) is 12.8 Å². The predicted molar refractivity (Wildman–Crippen MR) is 79.6 cm³/mol. The number of methoxy groups -OCH3 is 1. The fourth-order valence-corrected chi connectivity index (χ4v) is 3.99. The van der Waals surface area contributed by atoms with E-state index in [9.17, 15) is 14.7 Å². The molecule has 1 amide bonds. The normalized spacial score (nSPS) is 33.0. The molecule has 0 aromatic heterocycles. The van der Waals surface area contributed by atoms with Gasteiger partial charge in [-0.2, -0.15) is 0 Å². The maximum atomic E-state index is 12.4. The minimum Gasteiger partial charge on any atom is -0.497 e. The zero-order chi connectivity index (χ0) is 15.4. The van der Waals surface area contributed by atoms with Crippen LogP contribution in [0.3, 0.4) is 0 Å². The molecule has 2 aliphatic carbocycles. The summed E-state index contributed by atoms with van der Waals surface area (Å²) in [7, 11) is 1.59. The highest BCUT2D eigenvalue weighted by molar-refractivity contribution is 6.04. The molecule has 2 fully saturated rings. The van der Waals surface area contributed by atoms with Gasteiger partial charge in [-0.1, -0.05) is 0 Å². The Morgan fingerprint density at radius 3 is 2.64 bits per heavy atom. The van der Waals surface area contributed by atoms with E-state index in [0.29, 0.717) is 12.8 Å². The standard InChI is InChI=1S/C17H17NO4/c1-22-12-4-2-10(3-5-12)18-15-14(17(18)21)7-9-6-11(19)8-13(9)16(15)20/h2-5,8-9,14-16,20H,6-7H2,1H3/t9?,14-,15-,16-/m0/s1. The molecule has 114 valence electrons. The molecule has 4 rings (SSSR count). The average Bonchev–Trinajstić information content (AvgIpc) is 2.90. The first kappa shape index (κ1) is 13.5. The van der Waals surface area contributed by atoms with E-state index in [2.05, 4.69) is 0 Å². The third kappa shape index (κ3) is 1.75. The van der Waals surface area contributed by atoms with E-state index in [-0.39, 0.29) is 29.6 Å². The Kier molecular flexibility index (Phi) is 2.87. The second-order valence-corrected chi connectivity index (χ2v) is 6.20. The molecule has 22 heavy (non-hydrogen) atoms. The summed E-state index contributed by atoms with van der Waals surface area (Å²) in [5.74, 6) is 0.689. The molecule has 1 saturated carbocycles. The van der Waals surface area contributed by atoms with Crippen LogP contribution < -0.4 is 9.64 Å². The molecule has 1 aliphatic heterocycles. The van der Waals surface area contributed by atoms with Crippen LogP contribution >= 0.6 is 0 Å². The molecule has 0 spiro atoms. The number of hydrogen-bond acceptors (Lipinski definition) is 4. The van der Waals surface area contributed by atoms with Gasteiger partial charge in [-0.15, -0.1) is 0 Å². The number of allylic oxidation sites excluding steroid dienone is 1. The third-order valence-electron chi connectivity index (χ3n) is 5.07. The number of rotatable bonds is 2. The van der Waals surface area contributed by atoms with E-state index in [1.54, 1.807) is 30.2 Å². The largest absolute Gasteiger partial charge is 0.497 e. The molecule has 1 unspecified atom stereocenters. The smallest absolute Gasteiger partial charge is 0.232 e. The monoisotopic (exact) mass is 299 g/mol. The number of aliphatic hydroxyl groups excluding tert-OH is 1. The van der Waals surface area contributed by atoms with Gasteiger partial charge in [-0.25, -0.2) is 0 Å². The summed E-state index contributed by atoms with van der Waals surface area (Å²) >= 11 is 0. The Morgan fingerprint density at radius 1 is 1.23 bits per heavy atom. The van der Waals surface area contributed by atoms with E-state index >= 15 is 0 Å². The van der Waals surface area contributed by atoms with Gasteiger partial charge in [0.1, 0.15) is 5.75 Å². The first-order valence-corrected chi connectivity index (χ1v) is 7.49. The number of fused-ring (bicyclic) bond motifs is 2. The van der Waals surface area contributed by atoms with Gasteiger partial charge in [0.05, 0.1) is 25.2 Å². The fourth-order valence-electron chi connectivity index (χ4n) is 3.99. The summed E-state index contributed by atoms with van der Waals surface area (Å²) in [6.45, 7) is 0. The summed E-state index contributed by atoms with van der Waals surface area (Å²) in [5, 5.41) is 10.6. The van der Waals surface area contributed by atoms with E-state index in [4.69, 9.17) is 4.74 Å².